The quantitative estimate of drug-likeness (QED) is 0.738. The molecule has 0 aliphatic carbocycles. The van der Waals surface area contributed by atoms with E-state index in [4.69, 9.17) is 12.2 Å². The van der Waals surface area contributed by atoms with Crippen LogP contribution >= 0.6 is 28.1 Å². The number of piperidine rings is 1. The van der Waals surface area contributed by atoms with Crippen molar-refractivity contribution in [3.05, 3.63) is 28.5 Å². The molecule has 2 rings (SSSR count). The molecule has 1 aliphatic rings. The number of nitrogens with zero attached hydrogens (tertiary/aromatic N) is 2. The Balaban J connectivity index is 2.12. The third kappa shape index (κ3) is 2.75. The monoisotopic (exact) mass is 284 g/mol. The van der Waals surface area contributed by atoms with E-state index in [2.05, 4.69) is 25.8 Å². The number of rotatable bonds is 1. The fourth-order valence-corrected chi connectivity index (χ4v) is 2.47. The van der Waals surface area contributed by atoms with E-state index in [1.54, 1.807) is 6.20 Å². The Morgan fingerprint density at radius 2 is 2.00 bits per heavy atom. The molecule has 0 atom stereocenters. The van der Waals surface area contributed by atoms with Crippen molar-refractivity contribution < 1.29 is 0 Å². The molecule has 1 aromatic rings. The molecule has 2 heterocycles. The summed E-state index contributed by atoms with van der Waals surface area (Å²) in [7, 11) is 0. The van der Waals surface area contributed by atoms with Crippen LogP contribution in [-0.2, 0) is 0 Å². The molecule has 0 amide bonds. The topological polar surface area (TPSA) is 16.1 Å². The molecule has 4 heteroatoms. The minimum absolute atomic E-state index is 0.934. The minimum Gasteiger partial charge on any atom is -0.362 e. The van der Waals surface area contributed by atoms with E-state index in [0.29, 0.717) is 0 Å². The van der Waals surface area contributed by atoms with Crippen LogP contribution in [0.15, 0.2) is 22.9 Å². The standard InChI is InChI=1S/C11H13BrN2S/c12-10-6-9(7-13-8-10)11(15)14-4-2-1-3-5-14/h6-8H,1-5H2. The molecule has 80 valence electrons. The largest absolute Gasteiger partial charge is 0.362 e. The van der Waals surface area contributed by atoms with E-state index < -0.39 is 0 Å². The summed E-state index contributed by atoms with van der Waals surface area (Å²) in [5.74, 6) is 0. The lowest BCUT2D eigenvalue weighted by Gasteiger charge is -2.29. The van der Waals surface area contributed by atoms with Crippen molar-refractivity contribution >= 4 is 33.1 Å². The van der Waals surface area contributed by atoms with Gasteiger partial charge in [0.1, 0.15) is 4.99 Å². The zero-order valence-corrected chi connectivity index (χ0v) is 10.9. The molecular formula is C11H13BrN2S. The number of halogens is 1. The molecule has 15 heavy (non-hydrogen) atoms. The highest BCUT2D eigenvalue weighted by Crippen LogP contribution is 2.16. The Morgan fingerprint density at radius 1 is 1.27 bits per heavy atom. The summed E-state index contributed by atoms with van der Waals surface area (Å²) in [6.45, 7) is 2.18. The molecule has 1 aliphatic heterocycles. The average Bonchev–Trinajstić information content (AvgIpc) is 2.29. The van der Waals surface area contributed by atoms with Crippen LogP contribution in [0.4, 0.5) is 0 Å². The molecule has 0 unspecified atom stereocenters. The van der Waals surface area contributed by atoms with Gasteiger partial charge in [-0.15, -0.1) is 0 Å². The first-order valence-corrected chi connectivity index (χ1v) is 6.37. The predicted octanol–water partition coefficient (Wildman–Crippen LogP) is 3.01. The third-order valence-corrected chi connectivity index (χ3v) is 3.52. The van der Waals surface area contributed by atoms with Crippen molar-refractivity contribution in [1.82, 2.24) is 9.88 Å². The fourth-order valence-electron chi connectivity index (χ4n) is 1.81. The van der Waals surface area contributed by atoms with E-state index in [1.165, 1.54) is 19.3 Å². The van der Waals surface area contributed by atoms with Gasteiger partial charge in [0.25, 0.3) is 0 Å². The molecule has 0 radical (unpaired) electrons. The van der Waals surface area contributed by atoms with Crippen molar-refractivity contribution in [2.75, 3.05) is 13.1 Å². The number of aromatic nitrogens is 1. The first kappa shape index (κ1) is 11.0. The van der Waals surface area contributed by atoms with Gasteiger partial charge >= 0.3 is 0 Å². The van der Waals surface area contributed by atoms with Gasteiger partial charge in [0.05, 0.1) is 0 Å². The zero-order valence-electron chi connectivity index (χ0n) is 8.45. The summed E-state index contributed by atoms with van der Waals surface area (Å²) in [4.78, 5) is 7.35. The maximum Gasteiger partial charge on any atom is 0.110 e. The number of pyridine rings is 1. The summed E-state index contributed by atoms with van der Waals surface area (Å²) in [5, 5.41) is 0. The second-order valence-corrected chi connectivity index (χ2v) is 5.05. The lowest BCUT2D eigenvalue weighted by atomic mass is 10.1. The predicted molar refractivity (Wildman–Crippen MR) is 69.1 cm³/mol. The second kappa shape index (κ2) is 5.03. The Labute approximate surface area is 104 Å². The van der Waals surface area contributed by atoms with Gasteiger partial charge in [-0.2, -0.15) is 0 Å². The van der Waals surface area contributed by atoms with Crippen LogP contribution in [0, 0.1) is 0 Å². The minimum atomic E-state index is 0.934. The lowest BCUT2D eigenvalue weighted by Crippen LogP contribution is -2.34. The van der Waals surface area contributed by atoms with Gasteiger partial charge in [0.15, 0.2) is 0 Å². The van der Waals surface area contributed by atoms with E-state index in [1.807, 2.05) is 12.3 Å². The van der Waals surface area contributed by atoms with E-state index in [0.717, 1.165) is 28.1 Å². The Morgan fingerprint density at radius 3 is 2.67 bits per heavy atom. The molecule has 0 N–H and O–H groups in total. The van der Waals surface area contributed by atoms with Crippen molar-refractivity contribution in [3.63, 3.8) is 0 Å². The van der Waals surface area contributed by atoms with Crippen molar-refractivity contribution in [3.8, 4) is 0 Å². The van der Waals surface area contributed by atoms with Crippen molar-refractivity contribution in [2.24, 2.45) is 0 Å². The Kier molecular flexibility index (Phi) is 3.70. The van der Waals surface area contributed by atoms with E-state index in [-0.39, 0.29) is 0 Å². The van der Waals surface area contributed by atoms with Crippen molar-refractivity contribution in [1.29, 1.82) is 0 Å². The van der Waals surface area contributed by atoms with Gasteiger partial charge < -0.3 is 4.90 Å². The molecule has 0 bridgehead atoms. The number of thiocarbonyl (C=S) groups is 1. The van der Waals surface area contributed by atoms with Crippen LogP contribution in [0.3, 0.4) is 0 Å². The molecule has 0 aromatic carbocycles. The molecule has 0 spiro atoms. The van der Waals surface area contributed by atoms with Crippen LogP contribution < -0.4 is 0 Å². The van der Waals surface area contributed by atoms with Gasteiger partial charge in [-0.1, -0.05) is 12.2 Å². The maximum atomic E-state index is 5.47. The Bertz CT molecular complexity index is 361. The van der Waals surface area contributed by atoms with Gasteiger partial charge in [-0.3, -0.25) is 4.98 Å². The van der Waals surface area contributed by atoms with E-state index >= 15 is 0 Å². The first-order valence-electron chi connectivity index (χ1n) is 5.17. The molecule has 2 nitrogen and oxygen atoms in total. The summed E-state index contributed by atoms with van der Waals surface area (Å²) in [6, 6.07) is 2.03. The zero-order chi connectivity index (χ0) is 10.7. The average molecular weight is 285 g/mol. The van der Waals surface area contributed by atoms with Crippen LogP contribution in [-0.4, -0.2) is 28.0 Å². The number of hydrogen-bond acceptors (Lipinski definition) is 2. The second-order valence-electron chi connectivity index (χ2n) is 3.74. The fraction of sp³-hybridized carbons (Fsp3) is 0.455. The van der Waals surface area contributed by atoms with Gasteiger partial charge in [0, 0.05) is 35.5 Å². The highest BCUT2D eigenvalue weighted by atomic mass is 79.9. The van der Waals surface area contributed by atoms with Crippen LogP contribution in [0.1, 0.15) is 24.8 Å². The number of likely N-dealkylation sites (tertiary alicyclic amines) is 1. The summed E-state index contributed by atoms with van der Waals surface area (Å²) in [5.41, 5.74) is 1.04. The van der Waals surface area contributed by atoms with Gasteiger partial charge in [0.2, 0.25) is 0 Å². The van der Waals surface area contributed by atoms with Crippen molar-refractivity contribution in [2.45, 2.75) is 19.3 Å². The molecule has 1 saturated heterocycles. The summed E-state index contributed by atoms with van der Waals surface area (Å²) < 4.78 is 0.986. The van der Waals surface area contributed by atoms with Crippen LogP contribution in [0.2, 0.25) is 0 Å². The smallest absolute Gasteiger partial charge is 0.110 e. The number of hydrogen-bond donors (Lipinski definition) is 0. The third-order valence-electron chi connectivity index (χ3n) is 2.60. The summed E-state index contributed by atoms with van der Waals surface area (Å²) in [6.07, 6.45) is 7.45. The van der Waals surface area contributed by atoms with Gasteiger partial charge in [-0.25, -0.2) is 0 Å². The molecule has 1 aromatic heterocycles. The first-order chi connectivity index (χ1) is 7.27. The molecule has 0 saturated carbocycles. The maximum absolute atomic E-state index is 5.47. The highest BCUT2D eigenvalue weighted by molar-refractivity contribution is 9.10. The lowest BCUT2D eigenvalue weighted by molar-refractivity contribution is 0.347. The molecule has 1 fully saturated rings. The van der Waals surface area contributed by atoms with Crippen LogP contribution in [0.25, 0.3) is 0 Å². The SMILES string of the molecule is S=C(c1cncc(Br)c1)N1CCCCC1. The van der Waals surface area contributed by atoms with Crippen LogP contribution in [0.5, 0.6) is 0 Å². The summed E-state index contributed by atoms with van der Waals surface area (Å²) >= 11 is 8.88. The molecular weight excluding hydrogens is 272 g/mol. The van der Waals surface area contributed by atoms with E-state index in [9.17, 15) is 0 Å². The van der Waals surface area contributed by atoms with Gasteiger partial charge in [-0.05, 0) is 41.3 Å². The highest BCUT2D eigenvalue weighted by Gasteiger charge is 2.14. The Hall–Kier alpha value is -0.480. The normalized spacial score (nSPS) is 16.5.